The third-order valence-electron chi connectivity index (χ3n) is 8.50. The topological polar surface area (TPSA) is 14.2 Å². The van der Waals surface area contributed by atoms with E-state index in [-0.39, 0.29) is 0 Å². The maximum Gasteiger partial charge on any atom is 0.119 e. The van der Waals surface area contributed by atoms with Crippen LogP contribution in [0.3, 0.4) is 0 Å². The predicted molar refractivity (Wildman–Crippen MR) is 183 cm³/mol. The molecular weight excluding hydrogens is 531 g/mol. The van der Waals surface area contributed by atoms with Gasteiger partial charge in [0.2, 0.25) is 0 Å². The fourth-order valence-corrected chi connectivity index (χ4v) is 6.78. The van der Waals surface area contributed by atoms with Gasteiger partial charge in [-0.3, -0.25) is 0 Å². The van der Waals surface area contributed by atoms with Crippen LogP contribution in [0.4, 0.5) is 0 Å². The van der Waals surface area contributed by atoms with Crippen LogP contribution in [0.5, 0.6) is 5.75 Å². The normalized spacial score (nSPS) is 11.9. The van der Waals surface area contributed by atoms with Crippen LogP contribution >= 0.6 is 11.3 Å². The molecule has 3 heteroatoms. The van der Waals surface area contributed by atoms with Gasteiger partial charge >= 0.3 is 0 Å². The number of aromatic nitrogens is 1. The van der Waals surface area contributed by atoms with Gasteiger partial charge in [-0.2, -0.15) is 0 Å². The van der Waals surface area contributed by atoms with Gasteiger partial charge in [0, 0.05) is 21.2 Å². The molecule has 1 unspecified atom stereocenters. The molecule has 2 aromatic heterocycles. The highest BCUT2D eigenvalue weighted by atomic mass is 32.1. The Morgan fingerprint density at radius 2 is 1.50 bits per heavy atom. The molecule has 1 atom stereocenters. The number of hydrogen-bond acceptors (Lipinski definition) is 2. The summed E-state index contributed by atoms with van der Waals surface area (Å²) in [4.78, 5) is 0. The van der Waals surface area contributed by atoms with Gasteiger partial charge in [-0.1, -0.05) is 74.5 Å². The first kappa shape index (κ1) is 27.8. The summed E-state index contributed by atoms with van der Waals surface area (Å²) < 4.78 is 9.09. The van der Waals surface area contributed by atoms with Crippen LogP contribution < -0.4 is 4.74 Å². The maximum atomic E-state index is 5.35. The van der Waals surface area contributed by atoms with Crippen LogP contribution in [0, 0.1) is 13.8 Å². The Labute approximate surface area is 252 Å². The van der Waals surface area contributed by atoms with Gasteiger partial charge in [0.15, 0.2) is 0 Å². The lowest BCUT2D eigenvalue weighted by Crippen LogP contribution is -1.94. The van der Waals surface area contributed by atoms with Crippen molar-refractivity contribution in [1.82, 2.24) is 4.57 Å². The summed E-state index contributed by atoms with van der Waals surface area (Å²) in [5, 5.41) is 6.16. The lowest BCUT2D eigenvalue weighted by molar-refractivity contribution is 0.415. The van der Waals surface area contributed by atoms with Crippen molar-refractivity contribution in [2.24, 2.45) is 0 Å². The molecule has 42 heavy (non-hydrogen) atoms. The molecular formula is C39H37NOS. The molecule has 0 fully saturated rings. The van der Waals surface area contributed by atoms with Crippen LogP contribution in [0.2, 0.25) is 0 Å². The Hall–Kier alpha value is -4.34. The number of benzene rings is 5. The summed E-state index contributed by atoms with van der Waals surface area (Å²) in [5.74, 6) is 1.50. The van der Waals surface area contributed by atoms with E-state index in [1.807, 2.05) is 17.4 Å². The zero-order valence-corrected chi connectivity index (χ0v) is 25.8. The number of rotatable bonds is 5. The number of hydrogen-bond donors (Lipinski definition) is 0. The molecule has 2 nitrogen and oxygen atoms in total. The molecule has 7 aromatic rings. The van der Waals surface area contributed by atoms with Crippen LogP contribution in [0.15, 0.2) is 115 Å². The Morgan fingerprint density at radius 1 is 0.738 bits per heavy atom. The van der Waals surface area contributed by atoms with Gasteiger partial charge in [0.05, 0.1) is 18.1 Å². The monoisotopic (exact) mass is 567 g/mol. The van der Waals surface area contributed by atoms with E-state index in [2.05, 4.69) is 141 Å². The summed E-state index contributed by atoms with van der Waals surface area (Å²) in [5.41, 5.74) is 10.4. The molecule has 0 aliphatic carbocycles. The van der Waals surface area contributed by atoms with Crippen LogP contribution in [0.25, 0.3) is 48.7 Å². The lowest BCUT2D eigenvalue weighted by Gasteiger charge is -2.12. The third-order valence-corrected chi connectivity index (χ3v) is 9.55. The van der Waals surface area contributed by atoms with E-state index in [9.17, 15) is 0 Å². The zero-order valence-electron chi connectivity index (χ0n) is 25.0. The minimum absolute atomic E-state index is 0.596. The molecule has 0 radical (unpaired) electrons. The number of para-hydroxylation sites is 2. The minimum Gasteiger partial charge on any atom is -0.497 e. The summed E-state index contributed by atoms with van der Waals surface area (Å²) in [6, 6.07) is 39.1. The van der Waals surface area contributed by atoms with E-state index >= 15 is 0 Å². The van der Waals surface area contributed by atoms with Crippen molar-refractivity contribution in [3.05, 3.63) is 131 Å². The fraction of sp³-hybridized carbons (Fsp3) is 0.179. The number of aryl methyl sites for hydroxylation is 2. The Morgan fingerprint density at radius 3 is 2.29 bits per heavy atom. The molecule has 0 N–H and O–H groups in total. The molecule has 210 valence electrons. The predicted octanol–water partition coefficient (Wildman–Crippen LogP) is 11.5. The number of fused-ring (bicyclic) bond motifs is 4. The van der Waals surface area contributed by atoms with Crippen molar-refractivity contribution in [2.75, 3.05) is 7.11 Å². The van der Waals surface area contributed by atoms with E-state index in [1.165, 1.54) is 71.8 Å². The first-order chi connectivity index (χ1) is 20.5. The van der Waals surface area contributed by atoms with Crippen molar-refractivity contribution in [3.63, 3.8) is 0 Å². The van der Waals surface area contributed by atoms with Gasteiger partial charge in [0.1, 0.15) is 5.75 Å². The second-order valence-electron chi connectivity index (χ2n) is 11.0. The molecule has 0 bridgehead atoms. The minimum atomic E-state index is 0.596. The zero-order chi connectivity index (χ0) is 29.2. The second kappa shape index (κ2) is 11.9. The van der Waals surface area contributed by atoms with E-state index in [0.717, 1.165) is 5.75 Å². The van der Waals surface area contributed by atoms with E-state index in [1.54, 1.807) is 7.11 Å². The molecule has 0 aliphatic rings. The molecule has 0 spiro atoms. The van der Waals surface area contributed by atoms with Crippen LogP contribution in [-0.4, -0.2) is 11.7 Å². The molecule has 0 saturated carbocycles. The molecule has 5 aromatic carbocycles. The molecule has 7 rings (SSSR count). The summed E-state index contributed by atoms with van der Waals surface area (Å²) in [6.45, 7) is 8.90. The summed E-state index contributed by atoms with van der Waals surface area (Å²) >= 11 is 1.81. The number of nitrogens with zero attached hydrogens (tertiary/aromatic N) is 1. The Bertz CT molecular complexity index is 2000. The van der Waals surface area contributed by atoms with Crippen molar-refractivity contribution in [2.45, 2.75) is 40.0 Å². The number of methoxy groups -OCH3 is 1. The van der Waals surface area contributed by atoms with E-state index in [4.69, 9.17) is 4.74 Å². The molecule has 0 aliphatic heterocycles. The van der Waals surface area contributed by atoms with Gasteiger partial charge in [-0.25, -0.2) is 0 Å². The molecule has 0 amide bonds. The average Bonchev–Trinajstić information content (AvgIpc) is 3.65. The van der Waals surface area contributed by atoms with Crippen LogP contribution in [0.1, 0.15) is 42.9 Å². The van der Waals surface area contributed by atoms with Crippen molar-refractivity contribution in [3.8, 4) is 22.6 Å². The van der Waals surface area contributed by atoms with Gasteiger partial charge < -0.3 is 9.30 Å². The SMILES string of the molecule is CCC(C)c1ccc2c(c1)c1ccccc1n2-c1ccccc1.COc1ccc(C)c(-c2ccc3ccsc3c2C)c1. The average molecular weight is 568 g/mol. The Kier molecular flexibility index (Phi) is 7.86. The van der Waals surface area contributed by atoms with E-state index in [0.29, 0.717) is 5.92 Å². The van der Waals surface area contributed by atoms with Gasteiger partial charge in [0.25, 0.3) is 0 Å². The first-order valence-corrected chi connectivity index (χ1v) is 15.6. The highest BCUT2D eigenvalue weighted by Gasteiger charge is 2.14. The van der Waals surface area contributed by atoms with Crippen molar-refractivity contribution < 1.29 is 4.74 Å². The molecule has 2 heterocycles. The highest BCUT2D eigenvalue weighted by molar-refractivity contribution is 7.17. The highest BCUT2D eigenvalue weighted by Crippen LogP contribution is 2.36. The quantitative estimate of drug-likeness (QED) is 0.202. The van der Waals surface area contributed by atoms with Crippen molar-refractivity contribution >= 4 is 43.2 Å². The van der Waals surface area contributed by atoms with E-state index < -0.39 is 0 Å². The fourth-order valence-electron chi connectivity index (χ4n) is 5.87. The smallest absolute Gasteiger partial charge is 0.119 e. The van der Waals surface area contributed by atoms with Gasteiger partial charge in [-0.05, 0) is 113 Å². The third kappa shape index (κ3) is 5.10. The standard InChI is InChI=1S/C22H21N.C17H16OS/c1-3-16(2)17-13-14-22-20(15-17)19-11-7-8-12-21(19)23(22)18-9-5-4-6-10-18;1-11-4-6-14(18-3)10-16(11)15-7-5-13-8-9-19-17(13)12(15)2/h4-16H,3H2,1-2H3;4-10H,1-3H3. The largest absolute Gasteiger partial charge is 0.497 e. The summed E-state index contributed by atoms with van der Waals surface area (Å²) in [7, 11) is 1.71. The lowest BCUT2D eigenvalue weighted by atomic mass is 9.95. The van der Waals surface area contributed by atoms with Crippen LogP contribution in [-0.2, 0) is 0 Å². The Balaban J connectivity index is 0.000000153. The second-order valence-corrected chi connectivity index (χ2v) is 11.9. The summed E-state index contributed by atoms with van der Waals surface area (Å²) in [6.07, 6.45) is 1.17. The van der Waals surface area contributed by atoms with Crippen molar-refractivity contribution in [1.29, 1.82) is 0 Å². The van der Waals surface area contributed by atoms with Gasteiger partial charge in [-0.15, -0.1) is 11.3 Å². The molecule has 0 saturated heterocycles. The maximum absolute atomic E-state index is 5.35. The number of thiophene rings is 1. The number of ether oxygens (including phenoxy) is 1. The first-order valence-electron chi connectivity index (χ1n) is 14.7.